The largest absolute Gasteiger partial charge is 0.411 e. The summed E-state index contributed by atoms with van der Waals surface area (Å²) in [6.07, 6.45) is 6.60. The predicted molar refractivity (Wildman–Crippen MR) is 136 cm³/mol. The fraction of sp³-hybridized carbons (Fsp3) is 0.700. The summed E-state index contributed by atoms with van der Waals surface area (Å²) in [5.41, 5.74) is 4.87. The van der Waals surface area contributed by atoms with Gasteiger partial charge in [-0.15, -0.1) is 0 Å². The van der Waals surface area contributed by atoms with E-state index in [0.717, 1.165) is 56.2 Å². The second-order valence-corrected chi connectivity index (χ2v) is 12.5. The summed E-state index contributed by atoms with van der Waals surface area (Å²) in [6, 6.07) is 8.71. The third-order valence-corrected chi connectivity index (χ3v) is 10.8. The summed E-state index contributed by atoms with van der Waals surface area (Å²) < 4.78 is 23.9. The lowest BCUT2D eigenvalue weighted by Gasteiger charge is -2.55. The molecule has 2 saturated heterocycles. The molecule has 5 atom stereocenters. The normalized spacial score (nSPS) is 41.2. The van der Waals surface area contributed by atoms with Crippen LogP contribution >= 0.6 is 0 Å². The number of benzene rings is 1. The van der Waals surface area contributed by atoms with Crippen molar-refractivity contribution in [3.05, 3.63) is 46.5 Å². The lowest BCUT2D eigenvalue weighted by atomic mass is 9.51. The predicted octanol–water partition coefficient (Wildman–Crippen LogP) is 5.00. The van der Waals surface area contributed by atoms with Gasteiger partial charge >= 0.3 is 0 Å². The molecular formula is C30H39NO6. The molecule has 7 heteroatoms. The van der Waals surface area contributed by atoms with E-state index in [9.17, 15) is 10.3 Å². The fourth-order valence-corrected chi connectivity index (χ4v) is 8.96. The zero-order valence-electron chi connectivity index (χ0n) is 22.0. The average molecular weight is 510 g/mol. The Kier molecular flexibility index (Phi) is 5.49. The number of rotatable bonds is 2. The highest BCUT2D eigenvalue weighted by Crippen LogP contribution is 2.64. The van der Waals surface area contributed by atoms with Crippen molar-refractivity contribution in [1.82, 2.24) is 0 Å². The second kappa shape index (κ2) is 8.36. The molecule has 1 spiro atoms. The molecule has 0 amide bonds. The number of oxime groups is 1. The molecule has 2 heterocycles. The van der Waals surface area contributed by atoms with Gasteiger partial charge in [-0.1, -0.05) is 41.9 Å². The molecule has 0 bridgehead atoms. The number of aliphatic hydroxyl groups is 1. The molecule has 200 valence electrons. The van der Waals surface area contributed by atoms with Crippen molar-refractivity contribution in [2.75, 3.05) is 26.4 Å². The number of hydrogen-bond donors (Lipinski definition) is 2. The van der Waals surface area contributed by atoms with Gasteiger partial charge in [0.2, 0.25) is 0 Å². The van der Waals surface area contributed by atoms with Crippen molar-refractivity contribution in [1.29, 1.82) is 0 Å². The Morgan fingerprint density at radius 2 is 1.59 bits per heavy atom. The van der Waals surface area contributed by atoms with Crippen molar-refractivity contribution in [2.24, 2.45) is 22.4 Å². The van der Waals surface area contributed by atoms with E-state index in [1.54, 1.807) is 0 Å². The number of hydrogen-bond acceptors (Lipinski definition) is 7. The quantitative estimate of drug-likeness (QED) is 0.331. The van der Waals surface area contributed by atoms with Gasteiger partial charge in [-0.05, 0) is 68.4 Å². The standard InChI is InChI=1S/C30H39NO6/c1-27-17-22(19-3-5-20(6-4-19)28(2)34-13-14-35-28)26-21(23(27)7-8-25(27)31-33)9-11-29(32)18-30(12-10-24(26)29)36-15-16-37-30/h3-6,21-23,32-33H,7-18H2,1-2H3/t21-,22+,23-,27-,29+/m0/s1. The van der Waals surface area contributed by atoms with Crippen molar-refractivity contribution in [3.8, 4) is 0 Å². The Morgan fingerprint density at radius 1 is 0.892 bits per heavy atom. The van der Waals surface area contributed by atoms with E-state index in [-0.39, 0.29) is 11.3 Å². The minimum atomic E-state index is -0.883. The van der Waals surface area contributed by atoms with Crippen LogP contribution in [0.25, 0.3) is 0 Å². The van der Waals surface area contributed by atoms with Crippen LogP contribution in [-0.4, -0.2) is 53.8 Å². The highest BCUT2D eigenvalue weighted by atomic mass is 16.7. The van der Waals surface area contributed by atoms with Crippen LogP contribution < -0.4 is 0 Å². The van der Waals surface area contributed by atoms with Crippen molar-refractivity contribution in [2.45, 2.75) is 88.3 Å². The highest BCUT2D eigenvalue weighted by molar-refractivity contribution is 5.92. The first kappa shape index (κ1) is 24.3. The van der Waals surface area contributed by atoms with Gasteiger partial charge in [0.1, 0.15) is 0 Å². The maximum absolute atomic E-state index is 12.1. The zero-order chi connectivity index (χ0) is 25.5. The smallest absolute Gasteiger partial charge is 0.192 e. The van der Waals surface area contributed by atoms with E-state index < -0.39 is 17.2 Å². The van der Waals surface area contributed by atoms with E-state index in [4.69, 9.17) is 18.9 Å². The van der Waals surface area contributed by atoms with E-state index >= 15 is 0 Å². The molecule has 1 aromatic carbocycles. The van der Waals surface area contributed by atoms with Crippen LogP contribution in [0.5, 0.6) is 0 Å². The van der Waals surface area contributed by atoms with Crippen molar-refractivity contribution >= 4 is 5.71 Å². The summed E-state index contributed by atoms with van der Waals surface area (Å²) in [5, 5.41) is 25.9. The van der Waals surface area contributed by atoms with Gasteiger partial charge in [0, 0.05) is 29.7 Å². The molecule has 3 saturated carbocycles. The first-order valence-corrected chi connectivity index (χ1v) is 14.1. The molecule has 1 aromatic rings. The van der Waals surface area contributed by atoms with E-state index in [2.05, 4.69) is 36.3 Å². The van der Waals surface area contributed by atoms with Gasteiger partial charge in [0.15, 0.2) is 11.6 Å². The third kappa shape index (κ3) is 3.54. The molecule has 0 unspecified atom stereocenters. The van der Waals surface area contributed by atoms with Gasteiger partial charge in [-0.3, -0.25) is 0 Å². The van der Waals surface area contributed by atoms with Crippen LogP contribution in [0.3, 0.4) is 0 Å². The fourth-order valence-electron chi connectivity index (χ4n) is 8.96. The maximum atomic E-state index is 12.1. The molecule has 0 radical (unpaired) electrons. The van der Waals surface area contributed by atoms with E-state index in [0.29, 0.717) is 44.7 Å². The molecule has 7 nitrogen and oxygen atoms in total. The lowest BCUT2D eigenvalue weighted by Crippen LogP contribution is -2.53. The molecule has 2 aliphatic heterocycles. The molecule has 4 aliphatic carbocycles. The van der Waals surface area contributed by atoms with Gasteiger partial charge in [-0.2, -0.15) is 0 Å². The molecule has 2 N–H and O–H groups in total. The summed E-state index contributed by atoms with van der Waals surface area (Å²) in [4.78, 5) is 0. The zero-order valence-corrected chi connectivity index (χ0v) is 22.0. The lowest BCUT2D eigenvalue weighted by molar-refractivity contribution is -0.208. The van der Waals surface area contributed by atoms with Crippen molar-refractivity contribution < 1.29 is 29.3 Å². The number of allylic oxidation sites excluding steroid dienone is 1. The molecule has 37 heavy (non-hydrogen) atoms. The van der Waals surface area contributed by atoms with Gasteiger partial charge in [0.05, 0.1) is 37.7 Å². The van der Waals surface area contributed by atoms with Crippen LogP contribution in [0.2, 0.25) is 0 Å². The summed E-state index contributed by atoms with van der Waals surface area (Å²) in [5.74, 6) is -0.341. The Morgan fingerprint density at radius 3 is 2.30 bits per heavy atom. The Bertz CT molecular complexity index is 1130. The number of nitrogens with zero attached hydrogens (tertiary/aromatic N) is 1. The minimum absolute atomic E-state index is 0.139. The second-order valence-electron chi connectivity index (χ2n) is 12.5. The molecule has 6 aliphatic rings. The van der Waals surface area contributed by atoms with Crippen LogP contribution in [0.4, 0.5) is 0 Å². The van der Waals surface area contributed by atoms with Crippen LogP contribution in [0.1, 0.15) is 82.3 Å². The molecule has 7 rings (SSSR count). The monoisotopic (exact) mass is 509 g/mol. The van der Waals surface area contributed by atoms with Gasteiger partial charge in [-0.25, -0.2) is 0 Å². The Hall–Kier alpha value is -1.77. The molecule has 5 fully saturated rings. The summed E-state index contributed by atoms with van der Waals surface area (Å²) >= 11 is 0. The SMILES string of the molecule is CC1(c2ccc([C@H]3C[C@]4(C)C(=NO)CC[C@H]4[C@@H]4CC[C@@]5(O)CC6(CCC5=C43)OCCO6)cc2)OCCO1. The molecular weight excluding hydrogens is 470 g/mol. The van der Waals surface area contributed by atoms with Gasteiger partial charge < -0.3 is 29.3 Å². The third-order valence-electron chi connectivity index (χ3n) is 10.8. The highest BCUT2D eigenvalue weighted by Gasteiger charge is 2.60. The topological polar surface area (TPSA) is 89.7 Å². The van der Waals surface area contributed by atoms with Crippen molar-refractivity contribution in [3.63, 3.8) is 0 Å². The Labute approximate surface area is 218 Å². The first-order chi connectivity index (χ1) is 17.8. The maximum Gasteiger partial charge on any atom is 0.192 e. The van der Waals surface area contributed by atoms with Crippen LogP contribution in [0.15, 0.2) is 40.6 Å². The molecule has 0 aromatic heterocycles. The minimum Gasteiger partial charge on any atom is -0.411 e. The van der Waals surface area contributed by atoms with E-state index in [1.807, 2.05) is 6.92 Å². The van der Waals surface area contributed by atoms with Gasteiger partial charge in [0.25, 0.3) is 0 Å². The first-order valence-electron chi connectivity index (χ1n) is 14.1. The van der Waals surface area contributed by atoms with Crippen LogP contribution in [-0.2, 0) is 24.7 Å². The summed E-state index contributed by atoms with van der Waals surface area (Å²) in [6.45, 7) is 6.72. The number of ether oxygens (including phenoxy) is 4. The summed E-state index contributed by atoms with van der Waals surface area (Å²) in [7, 11) is 0. The average Bonchev–Trinajstić information content (AvgIpc) is 3.62. The van der Waals surface area contributed by atoms with Crippen LogP contribution in [0, 0.1) is 17.3 Å². The number of fused-ring (bicyclic) bond motifs is 4. The van der Waals surface area contributed by atoms with E-state index in [1.165, 1.54) is 16.7 Å². The Balaban J connectivity index is 1.32.